The molecule has 0 fully saturated rings. The summed E-state index contributed by atoms with van der Waals surface area (Å²) in [5.74, 6) is -0.717. The van der Waals surface area contributed by atoms with Crippen LogP contribution in [-0.2, 0) is 20.5 Å². The van der Waals surface area contributed by atoms with Gasteiger partial charge >= 0.3 is 5.97 Å². The van der Waals surface area contributed by atoms with Crippen LogP contribution in [0.2, 0.25) is 5.02 Å². The van der Waals surface area contributed by atoms with Gasteiger partial charge in [0.1, 0.15) is 0 Å². The standard InChI is InChI=1S/C15H14ClNO4S/c1-21-15(18)12-3-2-4-14(9-12)17-22(19,20)10-11-5-7-13(16)8-6-11/h2-9,17H,10H2,1H3. The summed E-state index contributed by atoms with van der Waals surface area (Å²) in [6.07, 6.45) is 0. The van der Waals surface area contributed by atoms with E-state index in [4.69, 9.17) is 11.6 Å². The number of rotatable bonds is 5. The lowest BCUT2D eigenvalue weighted by atomic mass is 10.2. The number of benzene rings is 2. The minimum absolute atomic E-state index is 0.188. The van der Waals surface area contributed by atoms with Crippen molar-refractivity contribution in [3.63, 3.8) is 0 Å². The van der Waals surface area contributed by atoms with E-state index in [9.17, 15) is 13.2 Å². The first kappa shape index (κ1) is 16.3. The molecule has 0 heterocycles. The highest BCUT2D eigenvalue weighted by atomic mass is 35.5. The fourth-order valence-electron chi connectivity index (χ4n) is 1.84. The van der Waals surface area contributed by atoms with Crippen LogP contribution in [0.1, 0.15) is 15.9 Å². The highest BCUT2D eigenvalue weighted by Gasteiger charge is 2.13. The molecule has 0 aliphatic rings. The predicted molar refractivity (Wildman–Crippen MR) is 85.5 cm³/mol. The molecular formula is C15H14ClNO4S. The molecule has 0 saturated heterocycles. The van der Waals surface area contributed by atoms with E-state index < -0.39 is 16.0 Å². The first-order chi connectivity index (χ1) is 10.4. The van der Waals surface area contributed by atoms with Gasteiger partial charge in [0.05, 0.1) is 18.4 Å². The average Bonchev–Trinajstić information content (AvgIpc) is 2.48. The summed E-state index contributed by atoms with van der Waals surface area (Å²) in [6, 6.07) is 12.7. The largest absolute Gasteiger partial charge is 0.465 e. The van der Waals surface area contributed by atoms with Gasteiger partial charge in [-0.05, 0) is 35.9 Å². The number of halogens is 1. The molecule has 1 N–H and O–H groups in total. The maximum absolute atomic E-state index is 12.1. The van der Waals surface area contributed by atoms with E-state index in [0.717, 1.165) is 0 Å². The van der Waals surface area contributed by atoms with Gasteiger partial charge in [-0.25, -0.2) is 13.2 Å². The molecule has 0 amide bonds. The van der Waals surface area contributed by atoms with Crippen LogP contribution in [0.15, 0.2) is 48.5 Å². The number of hydrogen-bond acceptors (Lipinski definition) is 4. The number of ether oxygens (including phenoxy) is 1. The third-order valence-electron chi connectivity index (χ3n) is 2.83. The highest BCUT2D eigenvalue weighted by molar-refractivity contribution is 7.91. The van der Waals surface area contributed by atoms with E-state index in [0.29, 0.717) is 16.3 Å². The second-order valence-corrected chi connectivity index (χ2v) is 6.72. The molecule has 0 atom stereocenters. The summed E-state index contributed by atoms with van der Waals surface area (Å²) in [7, 11) is -2.33. The van der Waals surface area contributed by atoms with Gasteiger partial charge in [0, 0.05) is 10.7 Å². The Balaban J connectivity index is 2.15. The Morgan fingerprint density at radius 3 is 2.50 bits per heavy atom. The summed E-state index contributed by atoms with van der Waals surface area (Å²) in [6.45, 7) is 0. The zero-order chi connectivity index (χ0) is 16.2. The maximum atomic E-state index is 12.1. The molecule has 0 radical (unpaired) electrons. The molecule has 0 aliphatic carbocycles. The van der Waals surface area contributed by atoms with E-state index in [1.165, 1.54) is 13.2 Å². The monoisotopic (exact) mass is 339 g/mol. The Kier molecular flexibility index (Phi) is 5.05. The highest BCUT2D eigenvalue weighted by Crippen LogP contribution is 2.16. The van der Waals surface area contributed by atoms with Gasteiger partial charge in [-0.1, -0.05) is 29.8 Å². The van der Waals surface area contributed by atoms with Gasteiger partial charge in [-0.3, -0.25) is 4.72 Å². The molecule has 0 aliphatic heterocycles. The Labute approximate surface area is 133 Å². The van der Waals surface area contributed by atoms with Crippen LogP contribution in [0.5, 0.6) is 0 Å². The van der Waals surface area contributed by atoms with Crippen molar-refractivity contribution >= 4 is 33.3 Å². The van der Waals surface area contributed by atoms with Crippen LogP contribution in [0.25, 0.3) is 0 Å². The molecule has 2 aromatic carbocycles. The second-order valence-electron chi connectivity index (χ2n) is 4.56. The van der Waals surface area contributed by atoms with Gasteiger partial charge in [-0.15, -0.1) is 0 Å². The zero-order valence-corrected chi connectivity index (χ0v) is 13.3. The Morgan fingerprint density at radius 1 is 1.18 bits per heavy atom. The third-order valence-corrected chi connectivity index (χ3v) is 4.34. The second kappa shape index (κ2) is 6.81. The van der Waals surface area contributed by atoms with Crippen molar-refractivity contribution in [2.75, 3.05) is 11.8 Å². The van der Waals surface area contributed by atoms with Gasteiger partial charge in [-0.2, -0.15) is 0 Å². The molecule has 7 heteroatoms. The third kappa shape index (κ3) is 4.47. The van der Waals surface area contributed by atoms with Crippen molar-refractivity contribution in [2.45, 2.75) is 5.75 Å². The SMILES string of the molecule is COC(=O)c1cccc(NS(=O)(=O)Cc2ccc(Cl)cc2)c1. The topological polar surface area (TPSA) is 72.5 Å². The molecule has 0 unspecified atom stereocenters. The van der Waals surface area contributed by atoms with Crippen LogP contribution in [0.3, 0.4) is 0 Å². The van der Waals surface area contributed by atoms with E-state index in [-0.39, 0.29) is 11.3 Å². The van der Waals surface area contributed by atoms with Gasteiger partial charge in [0.25, 0.3) is 0 Å². The first-order valence-electron chi connectivity index (χ1n) is 6.33. The maximum Gasteiger partial charge on any atom is 0.337 e. The first-order valence-corrected chi connectivity index (χ1v) is 8.36. The van der Waals surface area contributed by atoms with E-state index in [1.807, 2.05) is 0 Å². The molecule has 2 aromatic rings. The van der Waals surface area contributed by atoms with Crippen LogP contribution >= 0.6 is 11.6 Å². The Bertz CT molecular complexity index is 772. The molecule has 0 aromatic heterocycles. The molecule has 116 valence electrons. The van der Waals surface area contributed by atoms with Crippen molar-refractivity contribution in [3.8, 4) is 0 Å². The molecule has 0 spiro atoms. The number of methoxy groups -OCH3 is 1. The summed E-state index contributed by atoms with van der Waals surface area (Å²) in [4.78, 5) is 11.4. The number of anilines is 1. The summed E-state index contributed by atoms with van der Waals surface area (Å²) < 4.78 is 31.3. The van der Waals surface area contributed by atoms with Crippen molar-refractivity contribution < 1.29 is 17.9 Å². The minimum atomic E-state index is -3.59. The normalized spacial score (nSPS) is 11.0. The van der Waals surface area contributed by atoms with E-state index >= 15 is 0 Å². The lowest BCUT2D eigenvalue weighted by Crippen LogP contribution is -2.15. The molecule has 22 heavy (non-hydrogen) atoms. The molecule has 5 nitrogen and oxygen atoms in total. The quantitative estimate of drug-likeness (QED) is 0.850. The van der Waals surface area contributed by atoms with Crippen molar-refractivity contribution in [3.05, 3.63) is 64.7 Å². The molecule has 2 rings (SSSR count). The smallest absolute Gasteiger partial charge is 0.337 e. The van der Waals surface area contributed by atoms with Gasteiger partial charge in [0.2, 0.25) is 10.0 Å². The van der Waals surface area contributed by atoms with Gasteiger partial charge < -0.3 is 4.74 Å². The number of hydrogen-bond donors (Lipinski definition) is 1. The van der Waals surface area contributed by atoms with E-state index in [2.05, 4.69) is 9.46 Å². The average molecular weight is 340 g/mol. The van der Waals surface area contributed by atoms with Crippen molar-refractivity contribution in [1.29, 1.82) is 0 Å². The summed E-state index contributed by atoms with van der Waals surface area (Å²) in [5.41, 5.74) is 1.19. The lowest BCUT2D eigenvalue weighted by Gasteiger charge is -2.09. The summed E-state index contributed by atoms with van der Waals surface area (Å²) in [5, 5.41) is 0.542. The number of carbonyl (C=O) groups is 1. The molecular weight excluding hydrogens is 326 g/mol. The zero-order valence-electron chi connectivity index (χ0n) is 11.7. The van der Waals surface area contributed by atoms with Crippen molar-refractivity contribution in [2.24, 2.45) is 0 Å². The predicted octanol–water partition coefficient (Wildman–Crippen LogP) is 3.07. The Hall–Kier alpha value is -2.05. The number of sulfonamides is 1. The van der Waals surface area contributed by atoms with Crippen LogP contribution < -0.4 is 4.72 Å². The van der Waals surface area contributed by atoms with Crippen LogP contribution in [0, 0.1) is 0 Å². The van der Waals surface area contributed by atoms with Crippen LogP contribution in [0.4, 0.5) is 5.69 Å². The number of carbonyl (C=O) groups excluding carboxylic acids is 1. The number of nitrogens with one attached hydrogen (secondary N) is 1. The minimum Gasteiger partial charge on any atom is -0.465 e. The van der Waals surface area contributed by atoms with Gasteiger partial charge in [0.15, 0.2) is 0 Å². The van der Waals surface area contributed by atoms with Crippen LogP contribution in [-0.4, -0.2) is 21.5 Å². The molecule has 0 bridgehead atoms. The number of esters is 1. The van der Waals surface area contributed by atoms with Crippen molar-refractivity contribution in [1.82, 2.24) is 0 Å². The Morgan fingerprint density at radius 2 is 1.86 bits per heavy atom. The molecule has 0 saturated carbocycles. The fraction of sp³-hybridized carbons (Fsp3) is 0.133. The lowest BCUT2D eigenvalue weighted by molar-refractivity contribution is 0.0601. The van der Waals surface area contributed by atoms with E-state index in [1.54, 1.807) is 42.5 Å². The summed E-state index contributed by atoms with van der Waals surface area (Å²) >= 11 is 5.76. The fourth-order valence-corrected chi connectivity index (χ4v) is 3.16.